The number of anilines is 1. The summed E-state index contributed by atoms with van der Waals surface area (Å²) in [4.78, 5) is 23.2. The molecule has 1 N–H and O–H groups in total. The summed E-state index contributed by atoms with van der Waals surface area (Å²) in [6, 6.07) is 10.9. The van der Waals surface area contributed by atoms with E-state index in [1.165, 1.54) is 30.0 Å². The van der Waals surface area contributed by atoms with Crippen LogP contribution < -0.4 is 14.8 Å². The quantitative estimate of drug-likeness (QED) is 0.450. The minimum Gasteiger partial charge on any atom is -0.493 e. The van der Waals surface area contributed by atoms with Gasteiger partial charge in [-0.05, 0) is 28.1 Å². The Bertz CT molecular complexity index is 1050. The third-order valence-electron chi connectivity index (χ3n) is 3.66. The van der Waals surface area contributed by atoms with Crippen molar-refractivity contribution < 1.29 is 19.2 Å². The highest BCUT2D eigenvalue weighted by Crippen LogP contribution is 2.34. The number of aromatic nitrogens is 2. The molecule has 144 valence electrons. The number of aryl methyl sites for hydroxylation is 1. The van der Waals surface area contributed by atoms with E-state index in [2.05, 4.69) is 26.3 Å². The van der Waals surface area contributed by atoms with E-state index < -0.39 is 10.8 Å². The summed E-state index contributed by atoms with van der Waals surface area (Å²) in [5, 5.41) is 17.9. The van der Waals surface area contributed by atoms with E-state index >= 15 is 0 Å². The molecular weight excluding hydrogens is 432 g/mol. The van der Waals surface area contributed by atoms with Crippen molar-refractivity contribution in [2.24, 2.45) is 7.05 Å². The number of methoxy groups -OCH3 is 1. The van der Waals surface area contributed by atoms with E-state index in [1.807, 2.05) is 0 Å². The molecule has 1 aromatic heterocycles. The zero-order valence-corrected chi connectivity index (χ0v) is 16.5. The fourth-order valence-corrected chi connectivity index (χ4v) is 3.01. The average molecular weight is 447 g/mol. The Labute approximate surface area is 168 Å². The van der Waals surface area contributed by atoms with Crippen LogP contribution in [0.2, 0.25) is 0 Å². The van der Waals surface area contributed by atoms with Crippen LogP contribution in [0.25, 0.3) is 0 Å². The van der Waals surface area contributed by atoms with Crippen LogP contribution in [0.1, 0.15) is 10.5 Å². The molecule has 0 unspecified atom stereocenters. The van der Waals surface area contributed by atoms with Crippen LogP contribution in [0.5, 0.6) is 17.2 Å². The number of benzene rings is 2. The number of nitro groups is 1. The summed E-state index contributed by atoms with van der Waals surface area (Å²) in [7, 11) is 3.17. The van der Waals surface area contributed by atoms with Crippen LogP contribution in [0.3, 0.4) is 0 Å². The maximum Gasteiger partial charge on any atom is 0.277 e. The standard InChI is InChI=1S/C18H15BrN4O5/c1-22-10-14(19)17(21-22)18(24)20-11-7-12(23(25)26)9-13(8-11)28-16-6-4-3-5-15(16)27-2/h3-10H,1-2H3,(H,20,24). The van der Waals surface area contributed by atoms with Crippen molar-refractivity contribution in [2.45, 2.75) is 0 Å². The normalized spacial score (nSPS) is 10.4. The number of nitrogens with zero attached hydrogens (tertiary/aromatic N) is 3. The van der Waals surface area contributed by atoms with Gasteiger partial charge in [0.05, 0.1) is 28.3 Å². The van der Waals surface area contributed by atoms with E-state index in [1.54, 1.807) is 37.5 Å². The molecule has 0 aliphatic rings. The number of rotatable bonds is 6. The van der Waals surface area contributed by atoms with Crippen molar-refractivity contribution >= 4 is 33.2 Å². The van der Waals surface area contributed by atoms with Gasteiger partial charge in [-0.25, -0.2) is 0 Å². The molecule has 3 rings (SSSR count). The second-order valence-corrected chi connectivity index (χ2v) is 6.53. The molecule has 0 bridgehead atoms. The van der Waals surface area contributed by atoms with E-state index in [0.717, 1.165) is 0 Å². The predicted molar refractivity (Wildman–Crippen MR) is 105 cm³/mol. The number of carbonyl (C=O) groups excluding carboxylic acids is 1. The van der Waals surface area contributed by atoms with Crippen molar-refractivity contribution in [1.29, 1.82) is 0 Å². The topological polar surface area (TPSA) is 109 Å². The van der Waals surface area contributed by atoms with Gasteiger partial charge in [0.1, 0.15) is 5.75 Å². The van der Waals surface area contributed by atoms with Gasteiger partial charge < -0.3 is 14.8 Å². The number of halogens is 1. The first kappa shape index (κ1) is 19.4. The summed E-state index contributed by atoms with van der Waals surface area (Å²) >= 11 is 3.25. The van der Waals surface area contributed by atoms with Gasteiger partial charge in [0.2, 0.25) is 0 Å². The Hall–Kier alpha value is -3.40. The summed E-state index contributed by atoms with van der Waals surface area (Å²) in [5.74, 6) is 0.512. The van der Waals surface area contributed by atoms with Crippen LogP contribution in [-0.4, -0.2) is 27.7 Å². The molecule has 3 aromatic rings. The van der Waals surface area contributed by atoms with Crippen LogP contribution in [-0.2, 0) is 7.05 Å². The number of nitro benzene ring substituents is 1. The Morgan fingerprint density at radius 1 is 1.25 bits per heavy atom. The summed E-state index contributed by atoms with van der Waals surface area (Å²) in [6.07, 6.45) is 1.62. The fraction of sp³-hybridized carbons (Fsp3) is 0.111. The maximum atomic E-state index is 12.5. The van der Waals surface area contributed by atoms with Crippen LogP contribution in [0.4, 0.5) is 11.4 Å². The largest absolute Gasteiger partial charge is 0.493 e. The van der Waals surface area contributed by atoms with Gasteiger partial charge in [-0.1, -0.05) is 12.1 Å². The second-order valence-electron chi connectivity index (χ2n) is 5.68. The number of carbonyl (C=O) groups is 1. The van der Waals surface area contributed by atoms with Crippen molar-refractivity contribution in [2.75, 3.05) is 12.4 Å². The highest BCUT2D eigenvalue weighted by Gasteiger charge is 2.18. The lowest BCUT2D eigenvalue weighted by molar-refractivity contribution is -0.384. The van der Waals surface area contributed by atoms with E-state index in [4.69, 9.17) is 9.47 Å². The number of hydrogen-bond acceptors (Lipinski definition) is 6. The first-order chi connectivity index (χ1) is 13.4. The molecule has 28 heavy (non-hydrogen) atoms. The number of non-ortho nitro benzene ring substituents is 1. The Kier molecular flexibility index (Phi) is 5.59. The Morgan fingerprint density at radius 2 is 1.96 bits per heavy atom. The molecule has 0 spiro atoms. The van der Waals surface area contributed by atoms with Gasteiger partial charge >= 0.3 is 0 Å². The molecule has 0 saturated heterocycles. The zero-order chi connectivity index (χ0) is 20.3. The van der Waals surface area contributed by atoms with Crippen molar-refractivity contribution in [3.8, 4) is 17.2 Å². The monoisotopic (exact) mass is 446 g/mol. The van der Waals surface area contributed by atoms with Gasteiger partial charge in [0.15, 0.2) is 17.2 Å². The van der Waals surface area contributed by atoms with Crippen molar-refractivity contribution in [3.63, 3.8) is 0 Å². The van der Waals surface area contributed by atoms with E-state index in [0.29, 0.717) is 16.0 Å². The van der Waals surface area contributed by atoms with Gasteiger partial charge in [0, 0.05) is 25.4 Å². The lowest BCUT2D eigenvalue weighted by atomic mass is 10.2. The molecule has 0 aliphatic carbocycles. The van der Waals surface area contributed by atoms with Crippen LogP contribution in [0, 0.1) is 10.1 Å². The Balaban J connectivity index is 1.92. The first-order valence-corrected chi connectivity index (χ1v) is 8.77. The number of amides is 1. The molecule has 0 aliphatic heterocycles. The molecule has 10 heteroatoms. The smallest absolute Gasteiger partial charge is 0.277 e. The van der Waals surface area contributed by atoms with Gasteiger partial charge in [-0.15, -0.1) is 0 Å². The number of hydrogen-bond donors (Lipinski definition) is 1. The lowest BCUT2D eigenvalue weighted by Crippen LogP contribution is -2.13. The number of nitrogens with one attached hydrogen (secondary N) is 1. The fourth-order valence-electron chi connectivity index (χ4n) is 2.45. The van der Waals surface area contributed by atoms with E-state index in [-0.39, 0.29) is 22.8 Å². The molecule has 0 radical (unpaired) electrons. The van der Waals surface area contributed by atoms with Gasteiger partial charge in [-0.3, -0.25) is 19.6 Å². The lowest BCUT2D eigenvalue weighted by Gasteiger charge is -2.11. The summed E-state index contributed by atoms with van der Waals surface area (Å²) in [6.45, 7) is 0. The summed E-state index contributed by atoms with van der Waals surface area (Å²) < 4.78 is 12.9. The Morgan fingerprint density at radius 3 is 2.57 bits per heavy atom. The number of ether oxygens (including phenoxy) is 2. The molecule has 0 saturated carbocycles. The van der Waals surface area contributed by atoms with Crippen LogP contribution in [0.15, 0.2) is 53.1 Å². The molecule has 2 aromatic carbocycles. The minimum absolute atomic E-state index is 0.154. The molecule has 0 atom stereocenters. The highest BCUT2D eigenvalue weighted by molar-refractivity contribution is 9.10. The summed E-state index contributed by atoms with van der Waals surface area (Å²) in [5.41, 5.74) is 0.116. The van der Waals surface area contributed by atoms with Crippen molar-refractivity contribution in [1.82, 2.24) is 9.78 Å². The second kappa shape index (κ2) is 8.09. The predicted octanol–water partition coefficient (Wildman–Crippen LogP) is 4.14. The van der Waals surface area contributed by atoms with Gasteiger partial charge in [0.25, 0.3) is 11.6 Å². The molecule has 1 heterocycles. The zero-order valence-electron chi connectivity index (χ0n) is 14.9. The van der Waals surface area contributed by atoms with E-state index in [9.17, 15) is 14.9 Å². The third kappa shape index (κ3) is 4.29. The first-order valence-electron chi connectivity index (χ1n) is 7.98. The average Bonchev–Trinajstić information content (AvgIpc) is 3.00. The third-order valence-corrected chi connectivity index (χ3v) is 4.24. The maximum absolute atomic E-state index is 12.5. The number of para-hydroxylation sites is 2. The SMILES string of the molecule is COc1ccccc1Oc1cc(NC(=O)c2nn(C)cc2Br)cc([N+](=O)[O-])c1. The molecule has 1 amide bonds. The molecule has 9 nitrogen and oxygen atoms in total. The minimum atomic E-state index is -0.568. The molecule has 0 fully saturated rings. The van der Waals surface area contributed by atoms with Gasteiger partial charge in [-0.2, -0.15) is 5.10 Å². The highest BCUT2D eigenvalue weighted by atomic mass is 79.9. The van der Waals surface area contributed by atoms with Crippen LogP contribution >= 0.6 is 15.9 Å². The van der Waals surface area contributed by atoms with Crippen molar-refractivity contribution in [3.05, 3.63) is 68.9 Å². The molecular formula is C18H15BrN4O5.